The predicted octanol–water partition coefficient (Wildman–Crippen LogP) is 4.22. The molecule has 0 radical (unpaired) electrons. The summed E-state index contributed by atoms with van der Waals surface area (Å²) in [6.07, 6.45) is 3.74. The van der Waals surface area contributed by atoms with Crippen molar-refractivity contribution in [2.24, 2.45) is 5.73 Å². The fourth-order valence-corrected chi connectivity index (χ4v) is 5.81. The van der Waals surface area contributed by atoms with Gasteiger partial charge in [-0.25, -0.2) is 4.39 Å². The molecule has 1 unspecified atom stereocenters. The number of ether oxygens (including phenoxy) is 1. The molecule has 0 saturated carbocycles. The molecule has 1 atom stereocenters. The van der Waals surface area contributed by atoms with E-state index in [9.17, 15) is 14.7 Å². The summed E-state index contributed by atoms with van der Waals surface area (Å²) < 4.78 is 25.3. The summed E-state index contributed by atoms with van der Waals surface area (Å²) in [5.74, 6) is -0.510. The van der Waals surface area contributed by atoms with Gasteiger partial charge in [0.25, 0.3) is 5.91 Å². The first-order valence-corrected chi connectivity index (χ1v) is 12.8. The third-order valence-electron chi connectivity index (χ3n) is 7.83. The van der Waals surface area contributed by atoms with Crippen molar-refractivity contribution in [2.75, 3.05) is 18.0 Å². The molecule has 2 aliphatic rings. The van der Waals surface area contributed by atoms with Gasteiger partial charge in [0, 0.05) is 31.5 Å². The van der Waals surface area contributed by atoms with Gasteiger partial charge in [-0.2, -0.15) is 0 Å². The first-order chi connectivity index (χ1) is 18.9. The van der Waals surface area contributed by atoms with Crippen LogP contribution in [0.5, 0.6) is 11.5 Å². The summed E-state index contributed by atoms with van der Waals surface area (Å²) in [4.78, 5) is 29.3. The van der Waals surface area contributed by atoms with E-state index in [-0.39, 0.29) is 35.0 Å². The summed E-state index contributed by atoms with van der Waals surface area (Å²) in [5.41, 5.74) is 7.77. The monoisotopic (exact) mass is 524 g/mol. The van der Waals surface area contributed by atoms with Crippen LogP contribution in [0.15, 0.2) is 65.7 Å². The summed E-state index contributed by atoms with van der Waals surface area (Å²) >= 11 is 0. The Kier molecular flexibility index (Phi) is 5.16. The number of nitrogens with zero attached hydrogens (tertiary/aromatic N) is 3. The van der Waals surface area contributed by atoms with Crippen molar-refractivity contribution >= 4 is 33.3 Å². The van der Waals surface area contributed by atoms with Gasteiger partial charge in [0.1, 0.15) is 16.8 Å². The highest BCUT2D eigenvalue weighted by molar-refractivity contribution is 6.03. The zero-order valence-corrected chi connectivity index (χ0v) is 21.1. The zero-order valence-electron chi connectivity index (χ0n) is 21.1. The molecule has 2 aliphatic heterocycles. The minimum atomic E-state index is -0.614. The lowest BCUT2D eigenvalue weighted by atomic mass is 10.0. The number of hydrogen-bond acceptors (Lipinski definition) is 6. The minimum Gasteiger partial charge on any atom is -0.451 e. The number of aryl methyl sites for hydroxylation is 1. The van der Waals surface area contributed by atoms with Crippen molar-refractivity contribution in [2.45, 2.75) is 26.0 Å². The highest BCUT2D eigenvalue weighted by Crippen LogP contribution is 2.48. The molecule has 5 aromatic rings. The summed E-state index contributed by atoms with van der Waals surface area (Å²) in [6, 6.07) is 14.4. The van der Waals surface area contributed by atoms with Gasteiger partial charge in [-0.15, -0.1) is 0 Å². The van der Waals surface area contributed by atoms with Gasteiger partial charge in [0.05, 0.1) is 23.4 Å². The van der Waals surface area contributed by atoms with Crippen LogP contribution < -0.4 is 20.8 Å². The molecule has 8 nitrogen and oxygen atoms in total. The van der Waals surface area contributed by atoms with Gasteiger partial charge in [-0.3, -0.25) is 14.2 Å². The van der Waals surface area contributed by atoms with Crippen LogP contribution in [0.3, 0.4) is 0 Å². The maximum atomic E-state index is 15.9. The number of carbonyl (C=O) groups is 1. The molecule has 0 spiro atoms. The number of aromatic nitrogens is 2. The quantitative estimate of drug-likeness (QED) is 0.360. The minimum absolute atomic E-state index is 0.0360. The topological polar surface area (TPSA) is 103 Å². The third kappa shape index (κ3) is 3.43. The van der Waals surface area contributed by atoms with E-state index in [0.717, 1.165) is 16.3 Å². The summed E-state index contributed by atoms with van der Waals surface area (Å²) in [5, 5.41) is 11.8. The van der Waals surface area contributed by atoms with E-state index in [1.165, 1.54) is 23.0 Å². The molecular weight excluding hydrogens is 499 g/mol. The van der Waals surface area contributed by atoms with Crippen molar-refractivity contribution in [3.05, 3.63) is 93.8 Å². The van der Waals surface area contributed by atoms with E-state index in [4.69, 9.17) is 10.5 Å². The number of anilines is 1. The molecule has 1 fully saturated rings. The number of pyridine rings is 1. The van der Waals surface area contributed by atoms with Crippen molar-refractivity contribution in [3.8, 4) is 17.2 Å². The molecule has 2 aromatic heterocycles. The molecule has 0 bridgehead atoms. The number of nitrogens with two attached hydrogens (primary N) is 1. The number of rotatable bonds is 3. The van der Waals surface area contributed by atoms with Crippen LogP contribution in [0.2, 0.25) is 0 Å². The van der Waals surface area contributed by atoms with Crippen molar-refractivity contribution in [1.29, 1.82) is 0 Å². The van der Waals surface area contributed by atoms with Gasteiger partial charge in [-0.1, -0.05) is 24.3 Å². The molecular formula is C30H25FN4O4. The van der Waals surface area contributed by atoms with Crippen LogP contribution >= 0.6 is 0 Å². The summed E-state index contributed by atoms with van der Waals surface area (Å²) in [7, 11) is 0. The molecule has 3 aromatic carbocycles. The Morgan fingerprint density at radius 3 is 2.67 bits per heavy atom. The van der Waals surface area contributed by atoms with Gasteiger partial charge >= 0.3 is 0 Å². The SMILES string of the molecule is Cc1ccn(C(=O)c2cn3c4c(c(N5CCC(N)C5)c(F)cc4c2=O)Oc2cc4ccccc4cc2-3)c1CO. The van der Waals surface area contributed by atoms with Crippen LogP contribution in [0.4, 0.5) is 10.1 Å². The average Bonchev–Trinajstić information content (AvgIpc) is 3.53. The van der Waals surface area contributed by atoms with Crippen molar-refractivity contribution in [3.63, 3.8) is 0 Å². The molecule has 196 valence electrons. The number of fused-ring (bicyclic) bond motifs is 3. The zero-order chi connectivity index (χ0) is 27.0. The molecule has 4 heterocycles. The molecule has 7 rings (SSSR count). The Balaban J connectivity index is 1.56. The molecule has 1 saturated heterocycles. The largest absolute Gasteiger partial charge is 0.451 e. The van der Waals surface area contributed by atoms with E-state index >= 15 is 4.39 Å². The number of benzene rings is 3. The predicted molar refractivity (Wildman–Crippen MR) is 147 cm³/mol. The number of aliphatic hydroxyl groups is 1. The average molecular weight is 525 g/mol. The third-order valence-corrected chi connectivity index (χ3v) is 7.83. The van der Waals surface area contributed by atoms with Gasteiger partial charge < -0.3 is 25.0 Å². The van der Waals surface area contributed by atoms with Crippen molar-refractivity contribution in [1.82, 2.24) is 9.13 Å². The maximum absolute atomic E-state index is 15.9. The number of aliphatic hydroxyl groups excluding tert-OH is 1. The molecule has 0 aliphatic carbocycles. The molecule has 39 heavy (non-hydrogen) atoms. The highest BCUT2D eigenvalue weighted by atomic mass is 19.1. The van der Waals surface area contributed by atoms with Gasteiger partial charge in [-0.05, 0) is 53.9 Å². The Morgan fingerprint density at radius 1 is 1.18 bits per heavy atom. The molecule has 3 N–H and O–H groups in total. The number of hydrogen-bond donors (Lipinski definition) is 2. The molecule has 9 heteroatoms. The van der Waals surface area contributed by atoms with E-state index in [1.54, 1.807) is 17.6 Å². The number of carbonyl (C=O) groups excluding carboxylic acids is 1. The van der Waals surface area contributed by atoms with Crippen LogP contribution in [-0.4, -0.2) is 39.3 Å². The fraction of sp³-hybridized carbons (Fsp3) is 0.200. The Hall–Kier alpha value is -4.47. The standard InChI is InChI=1S/C30H25FN4O4/c1-16-6-9-34(24(16)15-36)30(38)21-14-35-23-10-17-4-2-3-5-18(17)11-25(23)39-29-26(35)20(28(21)37)12-22(31)27(29)33-8-7-19(32)13-33/h2-6,9-12,14,19,36H,7-8,13,15,32H2,1H3. The number of halogens is 1. The second kappa shape index (κ2) is 8.52. The van der Waals surface area contributed by atoms with Crippen LogP contribution in [0.25, 0.3) is 27.4 Å². The van der Waals surface area contributed by atoms with Gasteiger partial charge in [0.2, 0.25) is 5.43 Å². The van der Waals surface area contributed by atoms with E-state index in [2.05, 4.69) is 0 Å². The fourth-order valence-electron chi connectivity index (χ4n) is 5.81. The first-order valence-electron chi connectivity index (χ1n) is 12.8. The Labute approximate surface area is 222 Å². The van der Waals surface area contributed by atoms with E-state index < -0.39 is 17.2 Å². The van der Waals surface area contributed by atoms with E-state index in [1.807, 2.05) is 41.3 Å². The van der Waals surface area contributed by atoms with Crippen molar-refractivity contribution < 1.29 is 19.0 Å². The lowest BCUT2D eigenvalue weighted by Crippen LogP contribution is -2.29. The smallest absolute Gasteiger partial charge is 0.267 e. The maximum Gasteiger partial charge on any atom is 0.267 e. The van der Waals surface area contributed by atoms with Crippen LogP contribution in [-0.2, 0) is 6.61 Å². The van der Waals surface area contributed by atoms with Crippen LogP contribution in [0.1, 0.15) is 28.0 Å². The Morgan fingerprint density at radius 2 is 1.95 bits per heavy atom. The lowest BCUT2D eigenvalue weighted by molar-refractivity contribution is 0.0949. The lowest BCUT2D eigenvalue weighted by Gasteiger charge is -2.29. The first kappa shape index (κ1) is 23.6. The Bertz CT molecular complexity index is 1910. The van der Waals surface area contributed by atoms with E-state index in [0.29, 0.717) is 42.2 Å². The van der Waals surface area contributed by atoms with Crippen LogP contribution in [0, 0.1) is 12.7 Å². The normalized spacial score (nSPS) is 16.1. The van der Waals surface area contributed by atoms with Gasteiger partial charge in [0.15, 0.2) is 17.3 Å². The molecule has 0 amide bonds. The summed E-state index contributed by atoms with van der Waals surface area (Å²) in [6.45, 7) is 2.43. The second-order valence-corrected chi connectivity index (χ2v) is 10.2. The second-order valence-electron chi connectivity index (χ2n) is 10.2. The highest BCUT2D eigenvalue weighted by Gasteiger charge is 2.33.